The largest absolute Gasteiger partial charge is 0.485 e. The molecule has 0 aliphatic carbocycles. The van der Waals surface area contributed by atoms with Crippen LogP contribution in [0.15, 0.2) is 24.3 Å². The number of nitro benzene ring substituents is 2. The first-order valence-corrected chi connectivity index (χ1v) is 10.6. The van der Waals surface area contributed by atoms with Crippen molar-refractivity contribution in [2.45, 2.75) is 26.3 Å². The van der Waals surface area contributed by atoms with Crippen LogP contribution in [0, 0.1) is 31.9 Å². The van der Waals surface area contributed by atoms with Crippen LogP contribution in [0.1, 0.15) is 19.4 Å². The molecule has 1 unspecified atom stereocenters. The summed E-state index contributed by atoms with van der Waals surface area (Å²) in [5.74, 6) is -3.29. The van der Waals surface area contributed by atoms with Crippen molar-refractivity contribution in [2.75, 3.05) is 24.7 Å². The predicted octanol–water partition coefficient (Wildman–Crippen LogP) is 2.65. The highest BCUT2D eigenvalue weighted by Crippen LogP contribution is 2.38. The molecule has 196 valence electrons. The van der Waals surface area contributed by atoms with Crippen LogP contribution < -0.4 is 14.4 Å². The molecule has 0 saturated heterocycles. The highest BCUT2D eigenvalue weighted by molar-refractivity contribution is 6.03. The van der Waals surface area contributed by atoms with Gasteiger partial charge in [-0.25, -0.2) is 4.79 Å². The molecular weight excluding hydrogens is 504 g/mol. The number of hydrogen-bond acceptors (Lipinski definition) is 10. The maximum atomic E-state index is 13.6. The standard InChI is InChI=1S/C13H13FN2O6.C9H6FNO4/c1-3-21-13(18)7(2)15-10-5-9(16(19)20)8(14)4-11(10)22-6-12(15)17;10-7-3-9-5(1-6(12)4-15-9)2-8(7)11(13)14/h4-5,7H,3,6H2,1-2H3;2-3H,1,4H2. The van der Waals surface area contributed by atoms with Gasteiger partial charge in [-0.15, -0.1) is 0 Å². The first kappa shape index (κ1) is 26.9. The second kappa shape index (κ2) is 10.9. The normalized spacial score (nSPS) is 14.6. The number of carbonyl (C=O) groups excluding carboxylic acids is 3. The Morgan fingerprint density at radius 1 is 1.03 bits per heavy atom. The molecule has 1 atom stereocenters. The fourth-order valence-electron chi connectivity index (χ4n) is 3.53. The van der Waals surface area contributed by atoms with Crippen LogP contribution >= 0.6 is 0 Å². The monoisotopic (exact) mass is 523 g/mol. The molecule has 2 heterocycles. The Hall–Kier alpha value is -4.69. The Morgan fingerprint density at radius 2 is 1.59 bits per heavy atom. The van der Waals surface area contributed by atoms with E-state index < -0.39 is 57.4 Å². The molecular formula is C22H19F2N3O10. The average molecular weight is 523 g/mol. The zero-order valence-corrected chi connectivity index (χ0v) is 19.4. The van der Waals surface area contributed by atoms with E-state index in [1.807, 2.05) is 0 Å². The van der Waals surface area contributed by atoms with E-state index in [4.69, 9.17) is 14.2 Å². The maximum Gasteiger partial charge on any atom is 0.328 e. The smallest absolute Gasteiger partial charge is 0.328 e. The van der Waals surface area contributed by atoms with Gasteiger partial charge < -0.3 is 14.2 Å². The van der Waals surface area contributed by atoms with Crippen molar-refractivity contribution < 1.29 is 47.2 Å². The van der Waals surface area contributed by atoms with Gasteiger partial charge in [0.2, 0.25) is 11.6 Å². The van der Waals surface area contributed by atoms with E-state index in [0.29, 0.717) is 5.56 Å². The van der Waals surface area contributed by atoms with Gasteiger partial charge in [-0.3, -0.25) is 34.7 Å². The molecule has 0 spiro atoms. The first-order valence-electron chi connectivity index (χ1n) is 10.6. The predicted molar refractivity (Wildman–Crippen MR) is 119 cm³/mol. The zero-order valence-electron chi connectivity index (χ0n) is 19.4. The Labute approximate surface area is 206 Å². The van der Waals surface area contributed by atoms with E-state index in [1.54, 1.807) is 6.92 Å². The lowest BCUT2D eigenvalue weighted by Crippen LogP contribution is -2.48. The molecule has 2 aromatic carbocycles. The minimum atomic E-state index is -1.08. The number of rotatable bonds is 5. The molecule has 0 N–H and O–H groups in total. The molecule has 15 heteroatoms. The summed E-state index contributed by atoms with van der Waals surface area (Å²) in [4.78, 5) is 55.4. The van der Waals surface area contributed by atoms with Crippen LogP contribution in [-0.2, 0) is 25.5 Å². The molecule has 1 amide bonds. The van der Waals surface area contributed by atoms with Crippen molar-refractivity contribution in [1.29, 1.82) is 0 Å². The molecule has 0 radical (unpaired) electrons. The minimum Gasteiger partial charge on any atom is -0.485 e. The van der Waals surface area contributed by atoms with Gasteiger partial charge in [0.05, 0.1) is 22.1 Å². The fraction of sp³-hybridized carbons (Fsp3) is 0.318. The Morgan fingerprint density at radius 3 is 2.19 bits per heavy atom. The molecule has 4 rings (SSSR count). The van der Waals surface area contributed by atoms with Gasteiger partial charge in [-0.2, -0.15) is 8.78 Å². The number of nitro groups is 2. The second-order valence-electron chi connectivity index (χ2n) is 7.68. The van der Waals surface area contributed by atoms with E-state index in [0.717, 1.165) is 29.2 Å². The van der Waals surface area contributed by atoms with Crippen molar-refractivity contribution >= 4 is 34.7 Å². The molecule has 2 aromatic rings. The topological polar surface area (TPSA) is 168 Å². The molecule has 13 nitrogen and oxygen atoms in total. The number of esters is 1. The van der Waals surface area contributed by atoms with Gasteiger partial charge >= 0.3 is 17.3 Å². The molecule has 2 aliphatic rings. The molecule has 37 heavy (non-hydrogen) atoms. The number of ether oxygens (including phenoxy) is 3. The number of benzene rings is 2. The van der Waals surface area contributed by atoms with Crippen LogP contribution in [0.25, 0.3) is 0 Å². The molecule has 0 saturated carbocycles. The summed E-state index contributed by atoms with van der Waals surface area (Å²) in [5, 5.41) is 21.3. The SMILES string of the molecule is CCOC(=O)C(C)N1C(=O)COc2cc(F)c([N+](=O)[O-])cc21.O=C1COc2cc(F)c([N+](=O)[O-])cc2C1. The summed E-state index contributed by atoms with van der Waals surface area (Å²) >= 11 is 0. The molecule has 2 aliphatic heterocycles. The number of halogens is 2. The molecule has 0 bridgehead atoms. The number of hydrogen-bond donors (Lipinski definition) is 0. The number of anilines is 1. The molecule has 0 fully saturated rings. The third-order valence-corrected chi connectivity index (χ3v) is 5.22. The van der Waals surface area contributed by atoms with E-state index in [1.165, 1.54) is 6.92 Å². The lowest BCUT2D eigenvalue weighted by molar-refractivity contribution is -0.387. The van der Waals surface area contributed by atoms with Crippen LogP contribution in [0.2, 0.25) is 0 Å². The summed E-state index contributed by atoms with van der Waals surface area (Å²) in [7, 11) is 0. The van der Waals surface area contributed by atoms with E-state index >= 15 is 0 Å². The number of carbonyl (C=O) groups is 3. The summed E-state index contributed by atoms with van der Waals surface area (Å²) in [6.07, 6.45) is 0.0520. The number of nitrogens with zero attached hydrogens (tertiary/aromatic N) is 3. The number of fused-ring (bicyclic) bond motifs is 2. The summed E-state index contributed by atoms with van der Waals surface area (Å²) in [6.45, 7) is 2.65. The summed E-state index contributed by atoms with van der Waals surface area (Å²) in [5.41, 5.74) is -1.12. The van der Waals surface area contributed by atoms with E-state index in [9.17, 15) is 43.4 Å². The average Bonchev–Trinajstić information content (AvgIpc) is 2.83. The quantitative estimate of drug-likeness (QED) is 0.323. The number of ketones is 1. The third kappa shape index (κ3) is 5.76. The Balaban J connectivity index is 0.000000220. The van der Waals surface area contributed by atoms with Crippen molar-refractivity contribution in [3.05, 3.63) is 61.7 Å². The van der Waals surface area contributed by atoms with E-state index in [-0.39, 0.29) is 42.6 Å². The van der Waals surface area contributed by atoms with Gasteiger partial charge in [-0.05, 0) is 13.8 Å². The van der Waals surface area contributed by atoms with Crippen molar-refractivity contribution in [3.8, 4) is 11.5 Å². The van der Waals surface area contributed by atoms with Gasteiger partial charge in [-0.1, -0.05) is 0 Å². The zero-order chi connectivity index (χ0) is 27.4. The van der Waals surface area contributed by atoms with E-state index in [2.05, 4.69) is 0 Å². The van der Waals surface area contributed by atoms with Gasteiger partial charge in [0, 0.05) is 36.2 Å². The Kier molecular flexibility index (Phi) is 7.95. The lowest BCUT2D eigenvalue weighted by Gasteiger charge is -2.32. The van der Waals surface area contributed by atoms with Crippen LogP contribution in [0.3, 0.4) is 0 Å². The van der Waals surface area contributed by atoms with Crippen molar-refractivity contribution in [1.82, 2.24) is 0 Å². The highest BCUT2D eigenvalue weighted by Gasteiger charge is 2.36. The summed E-state index contributed by atoms with van der Waals surface area (Å²) in [6, 6.07) is 2.67. The fourth-order valence-corrected chi connectivity index (χ4v) is 3.53. The minimum absolute atomic E-state index is 0.0371. The Bertz CT molecular complexity index is 1300. The molecule has 0 aromatic heterocycles. The van der Waals surface area contributed by atoms with Crippen LogP contribution in [0.4, 0.5) is 25.8 Å². The van der Waals surface area contributed by atoms with Crippen LogP contribution in [0.5, 0.6) is 11.5 Å². The number of Topliss-reactive ketones (excluding diaryl/α,β-unsaturated/α-hetero) is 1. The highest BCUT2D eigenvalue weighted by atomic mass is 19.1. The lowest BCUT2D eigenvalue weighted by atomic mass is 10.0. The van der Waals surface area contributed by atoms with Crippen molar-refractivity contribution in [2.24, 2.45) is 0 Å². The van der Waals surface area contributed by atoms with Gasteiger partial charge in [0.15, 0.2) is 12.4 Å². The van der Waals surface area contributed by atoms with Gasteiger partial charge in [0.25, 0.3) is 5.91 Å². The second-order valence-corrected chi connectivity index (χ2v) is 7.68. The van der Waals surface area contributed by atoms with Crippen LogP contribution in [-0.4, -0.2) is 53.4 Å². The first-order chi connectivity index (χ1) is 17.4. The summed E-state index contributed by atoms with van der Waals surface area (Å²) < 4.78 is 41.6. The van der Waals surface area contributed by atoms with Crippen molar-refractivity contribution in [3.63, 3.8) is 0 Å². The van der Waals surface area contributed by atoms with Gasteiger partial charge in [0.1, 0.15) is 24.1 Å². The third-order valence-electron chi connectivity index (χ3n) is 5.22. The number of amides is 1. The maximum absolute atomic E-state index is 13.6.